The molecule has 0 bridgehead atoms. The standard InChI is InChI=1S/C23H24ClF2N7/c1-13-21(33-9-7-22(8-10-33)5-6-23(25,26)12-22)28-20-19(27-13)18(29-30-20)14-3-4-16-15(17(14)24)11-32(2)31-16/h3-4,11H,5-10,12H2,1-2H3,(H,28,29,30). The molecular weight excluding hydrogens is 448 g/mol. The highest BCUT2D eigenvalue weighted by atomic mass is 35.5. The Morgan fingerprint density at radius 1 is 1.09 bits per heavy atom. The Morgan fingerprint density at radius 3 is 2.61 bits per heavy atom. The molecule has 0 amide bonds. The third-order valence-electron chi connectivity index (χ3n) is 7.32. The van der Waals surface area contributed by atoms with Crippen LogP contribution in [0.4, 0.5) is 14.6 Å². The molecule has 172 valence electrons. The molecule has 1 saturated heterocycles. The lowest BCUT2D eigenvalue weighted by Crippen LogP contribution is -2.40. The van der Waals surface area contributed by atoms with Gasteiger partial charge in [0.15, 0.2) is 5.82 Å². The van der Waals surface area contributed by atoms with Crippen molar-refractivity contribution in [3.8, 4) is 11.3 Å². The lowest BCUT2D eigenvalue weighted by Gasteiger charge is -2.40. The van der Waals surface area contributed by atoms with Crippen molar-refractivity contribution in [1.29, 1.82) is 0 Å². The molecule has 2 fully saturated rings. The second kappa shape index (κ2) is 7.09. The summed E-state index contributed by atoms with van der Waals surface area (Å²) in [6, 6.07) is 3.84. The molecule has 1 aliphatic heterocycles. The number of piperidine rings is 1. The summed E-state index contributed by atoms with van der Waals surface area (Å²) in [5.41, 5.74) is 4.06. The quantitative estimate of drug-likeness (QED) is 0.431. The number of hydrogen-bond donors (Lipinski definition) is 1. The van der Waals surface area contributed by atoms with Gasteiger partial charge in [0.25, 0.3) is 0 Å². The van der Waals surface area contributed by atoms with Gasteiger partial charge in [-0.05, 0) is 43.7 Å². The molecule has 2 aliphatic rings. The van der Waals surface area contributed by atoms with Crippen LogP contribution in [-0.2, 0) is 7.05 Å². The Labute approximate surface area is 194 Å². The van der Waals surface area contributed by atoms with E-state index in [1.54, 1.807) is 4.68 Å². The summed E-state index contributed by atoms with van der Waals surface area (Å²) in [7, 11) is 1.86. The van der Waals surface area contributed by atoms with E-state index >= 15 is 0 Å². The number of rotatable bonds is 2. The first kappa shape index (κ1) is 20.8. The number of anilines is 1. The van der Waals surface area contributed by atoms with Gasteiger partial charge in [0, 0.05) is 50.1 Å². The molecule has 7 nitrogen and oxygen atoms in total. The van der Waals surface area contributed by atoms with Crippen molar-refractivity contribution < 1.29 is 8.78 Å². The van der Waals surface area contributed by atoms with E-state index < -0.39 is 5.92 Å². The zero-order valence-electron chi connectivity index (χ0n) is 18.5. The molecule has 4 aromatic rings. The number of H-pyrrole nitrogens is 1. The summed E-state index contributed by atoms with van der Waals surface area (Å²) in [5.74, 6) is -1.74. The lowest BCUT2D eigenvalue weighted by molar-refractivity contribution is -0.00683. The van der Waals surface area contributed by atoms with Crippen molar-refractivity contribution in [2.24, 2.45) is 12.5 Å². The Hall–Kier alpha value is -2.81. The summed E-state index contributed by atoms with van der Waals surface area (Å²) in [6.07, 6.45) is 4.05. The Kier molecular flexibility index (Phi) is 4.46. The van der Waals surface area contributed by atoms with Crippen molar-refractivity contribution in [3.05, 3.63) is 29.0 Å². The van der Waals surface area contributed by atoms with Gasteiger partial charge in [-0.1, -0.05) is 11.6 Å². The highest BCUT2D eigenvalue weighted by molar-refractivity contribution is 6.38. The number of fused-ring (bicyclic) bond motifs is 2. The summed E-state index contributed by atoms with van der Waals surface area (Å²) < 4.78 is 29.4. The van der Waals surface area contributed by atoms with Crippen LogP contribution in [0, 0.1) is 12.3 Å². The molecule has 10 heteroatoms. The molecule has 0 unspecified atom stereocenters. The minimum atomic E-state index is -2.51. The number of aryl methyl sites for hydroxylation is 2. The monoisotopic (exact) mass is 471 g/mol. The van der Waals surface area contributed by atoms with Crippen molar-refractivity contribution >= 4 is 39.5 Å². The topological polar surface area (TPSA) is 75.5 Å². The largest absolute Gasteiger partial charge is 0.355 e. The first-order chi connectivity index (χ1) is 15.7. The molecular formula is C23H24ClF2N7. The Morgan fingerprint density at radius 2 is 1.88 bits per heavy atom. The SMILES string of the molecule is Cc1nc2c(-c3ccc4nn(C)cc4c3Cl)[nH]nc2nc1N1CCC2(CC1)CCC(F)(F)C2. The highest BCUT2D eigenvalue weighted by Gasteiger charge is 2.50. The second-order valence-electron chi connectivity index (χ2n) is 9.59. The third-order valence-corrected chi connectivity index (χ3v) is 7.73. The minimum Gasteiger partial charge on any atom is -0.355 e. The molecule has 0 atom stereocenters. The second-order valence-corrected chi connectivity index (χ2v) is 9.96. The molecule has 1 N–H and O–H groups in total. The van der Waals surface area contributed by atoms with Gasteiger partial charge in [-0.2, -0.15) is 10.2 Å². The van der Waals surface area contributed by atoms with Crippen LogP contribution < -0.4 is 4.90 Å². The van der Waals surface area contributed by atoms with Crippen LogP contribution in [0.1, 0.15) is 37.8 Å². The molecule has 4 heterocycles. The maximum atomic E-state index is 13.8. The molecule has 1 aliphatic carbocycles. The van der Waals surface area contributed by atoms with Gasteiger partial charge in [0.2, 0.25) is 11.6 Å². The number of nitrogens with zero attached hydrogens (tertiary/aromatic N) is 6. The number of halogens is 3. The van der Waals surface area contributed by atoms with E-state index in [9.17, 15) is 8.78 Å². The molecule has 1 saturated carbocycles. The summed E-state index contributed by atoms with van der Waals surface area (Å²) >= 11 is 6.71. The normalized spacial score (nSPS) is 19.8. The van der Waals surface area contributed by atoms with Crippen LogP contribution in [0.5, 0.6) is 0 Å². The van der Waals surface area contributed by atoms with Gasteiger partial charge in [-0.25, -0.2) is 18.7 Å². The number of nitrogens with one attached hydrogen (secondary N) is 1. The van der Waals surface area contributed by atoms with Crippen molar-refractivity contribution in [2.45, 2.75) is 45.0 Å². The van der Waals surface area contributed by atoms with E-state index in [-0.39, 0.29) is 18.3 Å². The average molecular weight is 472 g/mol. The maximum absolute atomic E-state index is 13.8. The lowest BCUT2D eigenvalue weighted by atomic mass is 9.77. The zero-order chi connectivity index (χ0) is 23.0. The van der Waals surface area contributed by atoms with Crippen molar-refractivity contribution in [3.63, 3.8) is 0 Å². The average Bonchev–Trinajstić information content (AvgIpc) is 3.44. The van der Waals surface area contributed by atoms with E-state index in [2.05, 4.69) is 20.2 Å². The smallest absolute Gasteiger partial charge is 0.248 e. The van der Waals surface area contributed by atoms with Gasteiger partial charge in [-0.3, -0.25) is 9.78 Å². The van der Waals surface area contributed by atoms with Crippen molar-refractivity contribution in [2.75, 3.05) is 18.0 Å². The predicted molar refractivity (Wildman–Crippen MR) is 124 cm³/mol. The predicted octanol–water partition coefficient (Wildman–Crippen LogP) is 5.27. The van der Waals surface area contributed by atoms with Crippen molar-refractivity contribution in [1.82, 2.24) is 29.9 Å². The van der Waals surface area contributed by atoms with Gasteiger partial charge in [0.1, 0.15) is 5.52 Å². The van der Waals surface area contributed by atoms with E-state index in [4.69, 9.17) is 21.6 Å². The molecule has 1 aromatic carbocycles. The minimum absolute atomic E-state index is 0.0151. The number of alkyl halides is 2. The van der Waals surface area contributed by atoms with E-state index in [0.29, 0.717) is 41.4 Å². The summed E-state index contributed by atoms with van der Waals surface area (Å²) in [5, 5.41) is 13.3. The molecule has 1 spiro atoms. The molecule has 0 radical (unpaired) electrons. The molecule has 33 heavy (non-hydrogen) atoms. The van der Waals surface area contributed by atoms with E-state index in [0.717, 1.165) is 40.8 Å². The Bertz CT molecular complexity index is 1380. The first-order valence-corrected chi connectivity index (χ1v) is 11.6. The fraction of sp³-hybridized carbons (Fsp3) is 0.478. The summed E-state index contributed by atoms with van der Waals surface area (Å²) in [4.78, 5) is 11.8. The number of hydrogen-bond acceptors (Lipinski definition) is 5. The van der Waals surface area contributed by atoms with E-state index in [1.165, 1.54) is 0 Å². The highest BCUT2D eigenvalue weighted by Crippen LogP contribution is 2.53. The molecule has 6 rings (SSSR count). The third kappa shape index (κ3) is 3.36. The number of aromatic nitrogens is 6. The van der Waals surface area contributed by atoms with Crippen LogP contribution in [0.15, 0.2) is 18.3 Å². The van der Waals surface area contributed by atoms with E-state index in [1.807, 2.05) is 32.3 Å². The van der Waals surface area contributed by atoms with Crippen LogP contribution in [0.3, 0.4) is 0 Å². The zero-order valence-corrected chi connectivity index (χ0v) is 19.3. The first-order valence-electron chi connectivity index (χ1n) is 11.2. The molecule has 3 aromatic heterocycles. The van der Waals surface area contributed by atoms with Gasteiger partial charge in [0.05, 0.1) is 21.9 Å². The van der Waals surface area contributed by atoms with Gasteiger partial charge >= 0.3 is 0 Å². The van der Waals surface area contributed by atoms with Crippen LogP contribution >= 0.6 is 11.6 Å². The summed E-state index contributed by atoms with van der Waals surface area (Å²) in [6.45, 7) is 3.34. The van der Waals surface area contributed by atoms with Crippen LogP contribution in [-0.4, -0.2) is 49.0 Å². The number of aromatic amines is 1. The van der Waals surface area contributed by atoms with Gasteiger partial charge in [-0.15, -0.1) is 0 Å². The fourth-order valence-corrected chi connectivity index (χ4v) is 5.86. The fourth-order valence-electron chi connectivity index (χ4n) is 5.56. The van der Waals surface area contributed by atoms with Crippen LogP contribution in [0.2, 0.25) is 5.02 Å². The Balaban J connectivity index is 1.32. The number of benzene rings is 1. The van der Waals surface area contributed by atoms with Crippen LogP contribution in [0.25, 0.3) is 33.3 Å². The van der Waals surface area contributed by atoms with Gasteiger partial charge < -0.3 is 4.90 Å². The maximum Gasteiger partial charge on any atom is 0.248 e.